The van der Waals surface area contributed by atoms with Crippen LogP contribution in [0.3, 0.4) is 0 Å². The number of ether oxygens (including phenoxy) is 3. The Morgan fingerprint density at radius 3 is 2.36 bits per heavy atom. The second-order valence-electron chi connectivity index (χ2n) is 11.7. The van der Waals surface area contributed by atoms with Gasteiger partial charge in [-0.05, 0) is 65.0 Å². The van der Waals surface area contributed by atoms with Gasteiger partial charge in [0.25, 0.3) is 5.91 Å². The lowest BCUT2D eigenvalue weighted by atomic mass is 10.1. The Kier molecular flexibility index (Phi) is 11.4. The van der Waals surface area contributed by atoms with Crippen molar-refractivity contribution in [3.63, 3.8) is 0 Å². The number of hydrogen-bond donors (Lipinski definition) is 3. The third-order valence-corrected chi connectivity index (χ3v) is 7.10. The zero-order valence-corrected chi connectivity index (χ0v) is 27.0. The summed E-state index contributed by atoms with van der Waals surface area (Å²) in [6, 6.07) is 12.8. The van der Waals surface area contributed by atoms with Crippen LogP contribution in [-0.4, -0.2) is 71.9 Å². The van der Waals surface area contributed by atoms with E-state index in [-0.39, 0.29) is 24.2 Å². The first-order chi connectivity index (χ1) is 21.4. The number of aromatic nitrogens is 1. The van der Waals surface area contributed by atoms with Gasteiger partial charge in [0.1, 0.15) is 17.6 Å². The van der Waals surface area contributed by atoms with Gasteiger partial charge >= 0.3 is 12.1 Å². The fraction of sp³-hybridized carbons (Fsp3) is 0.375. The molecule has 0 radical (unpaired) electrons. The summed E-state index contributed by atoms with van der Waals surface area (Å²) in [5.74, 6) is -0.194. The van der Waals surface area contributed by atoms with Crippen molar-refractivity contribution in [3.8, 4) is 0 Å². The molecule has 13 heteroatoms. The summed E-state index contributed by atoms with van der Waals surface area (Å²) >= 11 is 1.32. The summed E-state index contributed by atoms with van der Waals surface area (Å²) in [5.41, 5.74) is 2.20. The van der Waals surface area contributed by atoms with Crippen molar-refractivity contribution in [2.75, 3.05) is 37.8 Å². The number of benzene rings is 1. The molecule has 45 heavy (non-hydrogen) atoms. The molecule has 0 saturated carbocycles. The van der Waals surface area contributed by atoms with Crippen LogP contribution in [0.25, 0.3) is 0 Å². The van der Waals surface area contributed by atoms with Crippen LogP contribution in [0.4, 0.5) is 21.0 Å². The Morgan fingerprint density at radius 1 is 0.956 bits per heavy atom. The number of pyridine rings is 1. The van der Waals surface area contributed by atoms with Crippen molar-refractivity contribution in [3.05, 3.63) is 88.4 Å². The number of thiophene rings is 1. The zero-order valence-electron chi connectivity index (χ0n) is 26.2. The van der Waals surface area contributed by atoms with E-state index in [9.17, 15) is 14.4 Å². The highest BCUT2D eigenvalue weighted by Crippen LogP contribution is 2.27. The summed E-state index contributed by atoms with van der Waals surface area (Å²) in [6.45, 7) is 6.87. The lowest BCUT2D eigenvalue weighted by Crippen LogP contribution is -2.40. The van der Waals surface area contributed by atoms with Crippen molar-refractivity contribution in [1.29, 1.82) is 0 Å². The SMILES string of the molecule is CN(C)CCCN(Cc1ccc(C(=O)Nc2cscc2NC(=O)OC(C)(C)C)nc1)C(=O)NC1=COC(Cc2ccccc2)O1. The molecule has 0 fully saturated rings. The molecule has 1 aromatic carbocycles. The number of hydrogen-bond acceptors (Lipinski definition) is 9. The van der Waals surface area contributed by atoms with E-state index in [2.05, 4.69) is 25.8 Å². The Bertz CT molecular complexity index is 1470. The maximum atomic E-state index is 13.3. The molecule has 3 N–H and O–H groups in total. The van der Waals surface area contributed by atoms with Gasteiger partial charge < -0.3 is 29.3 Å². The molecular formula is C32H40N6O6S. The molecule has 1 aliphatic rings. The van der Waals surface area contributed by atoms with Crippen LogP contribution < -0.4 is 16.0 Å². The Hall–Kier alpha value is -4.62. The molecule has 3 aromatic rings. The second kappa shape index (κ2) is 15.4. The minimum absolute atomic E-state index is 0.183. The van der Waals surface area contributed by atoms with Gasteiger partial charge in [-0.25, -0.2) is 9.59 Å². The van der Waals surface area contributed by atoms with Gasteiger partial charge in [0.2, 0.25) is 12.2 Å². The lowest BCUT2D eigenvalue weighted by molar-refractivity contribution is -0.0330. The van der Waals surface area contributed by atoms with E-state index < -0.39 is 23.9 Å². The molecular weight excluding hydrogens is 596 g/mol. The molecule has 0 spiro atoms. The van der Waals surface area contributed by atoms with Crippen LogP contribution in [-0.2, 0) is 27.2 Å². The summed E-state index contributed by atoms with van der Waals surface area (Å²) < 4.78 is 16.7. The number of carbonyl (C=O) groups is 3. The van der Waals surface area contributed by atoms with E-state index in [1.165, 1.54) is 17.6 Å². The maximum Gasteiger partial charge on any atom is 0.412 e. The molecule has 4 amide bonds. The number of nitrogens with one attached hydrogen (secondary N) is 3. The molecule has 0 saturated heterocycles. The lowest BCUT2D eigenvalue weighted by Gasteiger charge is -2.24. The number of nitrogens with zero attached hydrogens (tertiary/aromatic N) is 3. The largest absolute Gasteiger partial charge is 0.457 e. The van der Waals surface area contributed by atoms with Crippen molar-refractivity contribution < 1.29 is 28.6 Å². The van der Waals surface area contributed by atoms with Crippen molar-refractivity contribution >= 4 is 40.7 Å². The topological polar surface area (TPSA) is 134 Å². The van der Waals surface area contributed by atoms with E-state index >= 15 is 0 Å². The summed E-state index contributed by atoms with van der Waals surface area (Å²) in [5, 5.41) is 11.6. The van der Waals surface area contributed by atoms with Gasteiger partial charge in [0.15, 0.2) is 0 Å². The summed E-state index contributed by atoms with van der Waals surface area (Å²) in [6.07, 6.45) is 3.14. The molecule has 12 nitrogen and oxygen atoms in total. The fourth-order valence-electron chi connectivity index (χ4n) is 4.27. The van der Waals surface area contributed by atoms with E-state index in [1.54, 1.807) is 54.8 Å². The molecule has 1 atom stereocenters. The average Bonchev–Trinajstić information content (AvgIpc) is 3.60. The molecule has 1 aliphatic heterocycles. The van der Waals surface area contributed by atoms with Gasteiger partial charge in [-0.2, -0.15) is 0 Å². The van der Waals surface area contributed by atoms with E-state index in [0.717, 1.165) is 24.1 Å². The van der Waals surface area contributed by atoms with Crippen LogP contribution in [0.15, 0.2) is 71.6 Å². The first kappa shape index (κ1) is 33.3. The monoisotopic (exact) mass is 636 g/mol. The van der Waals surface area contributed by atoms with Gasteiger partial charge in [0.05, 0.1) is 11.4 Å². The highest BCUT2D eigenvalue weighted by atomic mass is 32.1. The second-order valence-corrected chi connectivity index (χ2v) is 12.4. The third kappa shape index (κ3) is 10.8. The standard InChI is InChI=1S/C32H40N6O6S/c1-32(2,3)44-31(41)35-26-21-45-20-25(26)34-29(39)24-13-12-23(17-33-24)18-38(15-9-14-37(4)5)30(40)36-27-19-42-28(43-27)16-22-10-7-6-8-11-22/h6-8,10-13,17,19-21,28H,9,14-16,18H2,1-5H3,(H,34,39)(H,35,41)(H,36,40). The quantitative estimate of drug-likeness (QED) is 0.233. The highest BCUT2D eigenvalue weighted by molar-refractivity contribution is 7.09. The third-order valence-electron chi connectivity index (χ3n) is 6.36. The number of carbonyl (C=O) groups excluding carboxylic acids is 3. The Labute approximate surface area is 267 Å². The highest BCUT2D eigenvalue weighted by Gasteiger charge is 2.24. The average molecular weight is 637 g/mol. The van der Waals surface area contributed by atoms with Crippen LogP contribution >= 0.6 is 11.3 Å². The predicted octanol–water partition coefficient (Wildman–Crippen LogP) is 5.62. The first-order valence-corrected chi connectivity index (χ1v) is 15.5. The van der Waals surface area contributed by atoms with Crippen molar-refractivity contribution in [2.45, 2.75) is 52.0 Å². The predicted molar refractivity (Wildman–Crippen MR) is 173 cm³/mol. The minimum Gasteiger partial charge on any atom is -0.457 e. The van der Waals surface area contributed by atoms with Crippen molar-refractivity contribution in [2.24, 2.45) is 0 Å². The van der Waals surface area contributed by atoms with E-state index in [4.69, 9.17) is 14.2 Å². The molecule has 4 rings (SSSR count). The molecule has 2 aromatic heterocycles. The van der Waals surface area contributed by atoms with Crippen molar-refractivity contribution in [1.82, 2.24) is 20.1 Å². The molecule has 0 aliphatic carbocycles. The number of urea groups is 1. The Morgan fingerprint density at radius 2 is 1.69 bits per heavy atom. The van der Waals surface area contributed by atoms with Crippen LogP contribution in [0, 0.1) is 0 Å². The van der Waals surface area contributed by atoms with Crippen LogP contribution in [0.2, 0.25) is 0 Å². The van der Waals surface area contributed by atoms with E-state index in [1.807, 2.05) is 44.4 Å². The fourth-order valence-corrected chi connectivity index (χ4v) is 4.98. The summed E-state index contributed by atoms with van der Waals surface area (Å²) in [7, 11) is 3.96. The number of anilines is 2. The Balaban J connectivity index is 1.34. The molecule has 3 heterocycles. The molecule has 1 unspecified atom stereocenters. The van der Waals surface area contributed by atoms with E-state index in [0.29, 0.717) is 24.3 Å². The van der Waals surface area contributed by atoms with Gasteiger partial charge in [-0.3, -0.25) is 20.4 Å². The van der Waals surface area contributed by atoms with Crippen LogP contribution in [0.1, 0.15) is 48.8 Å². The summed E-state index contributed by atoms with van der Waals surface area (Å²) in [4.78, 5) is 46.4. The number of amides is 4. The van der Waals surface area contributed by atoms with Gasteiger partial charge in [0, 0.05) is 36.5 Å². The first-order valence-electron chi connectivity index (χ1n) is 14.5. The minimum atomic E-state index is -0.653. The molecule has 0 bridgehead atoms. The zero-order chi connectivity index (χ0) is 32.4. The normalized spacial score (nSPS) is 14.2. The van der Waals surface area contributed by atoms with Gasteiger partial charge in [-0.1, -0.05) is 36.4 Å². The van der Waals surface area contributed by atoms with Crippen LogP contribution in [0.5, 0.6) is 0 Å². The maximum absolute atomic E-state index is 13.3. The van der Waals surface area contributed by atoms with Gasteiger partial charge in [-0.15, -0.1) is 11.3 Å². The smallest absolute Gasteiger partial charge is 0.412 e. The molecule has 240 valence electrons. The number of rotatable bonds is 12.